The van der Waals surface area contributed by atoms with Gasteiger partial charge in [0.2, 0.25) is 5.91 Å². The number of rotatable bonds is 5. The van der Waals surface area contributed by atoms with E-state index < -0.39 is 0 Å². The molecule has 0 unspecified atom stereocenters. The standard InChI is InChI=1S/C14H19NO3S2/c1-18-14(17)12-6-2-3-7-15(12)13(16)10-19-9-11-5-4-8-20-11/h4-5,8,12H,2-3,6-7,9-10H2,1H3/t12-/m1/s1. The molecule has 20 heavy (non-hydrogen) atoms. The topological polar surface area (TPSA) is 46.6 Å². The van der Waals surface area contributed by atoms with Gasteiger partial charge in [0.05, 0.1) is 12.9 Å². The van der Waals surface area contributed by atoms with E-state index in [1.54, 1.807) is 28.0 Å². The van der Waals surface area contributed by atoms with Crippen LogP contribution in [0.25, 0.3) is 0 Å². The molecular formula is C14H19NO3S2. The van der Waals surface area contributed by atoms with E-state index in [4.69, 9.17) is 4.74 Å². The molecule has 0 spiro atoms. The van der Waals surface area contributed by atoms with Gasteiger partial charge in [-0.1, -0.05) is 6.07 Å². The zero-order chi connectivity index (χ0) is 14.4. The van der Waals surface area contributed by atoms with Gasteiger partial charge in [0, 0.05) is 17.2 Å². The number of thioether (sulfide) groups is 1. The third-order valence-corrected chi connectivity index (χ3v) is 5.37. The van der Waals surface area contributed by atoms with Gasteiger partial charge in [-0.3, -0.25) is 4.79 Å². The number of hydrogen-bond acceptors (Lipinski definition) is 5. The molecule has 1 aromatic rings. The predicted molar refractivity (Wildman–Crippen MR) is 81.8 cm³/mol. The van der Waals surface area contributed by atoms with Gasteiger partial charge in [-0.25, -0.2) is 4.79 Å². The van der Waals surface area contributed by atoms with Crippen molar-refractivity contribution in [3.05, 3.63) is 22.4 Å². The van der Waals surface area contributed by atoms with Crippen LogP contribution in [0.4, 0.5) is 0 Å². The number of carbonyl (C=O) groups is 2. The molecule has 1 fully saturated rings. The highest BCUT2D eigenvalue weighted by Gasteiger charge is 2.32. The number of ether oxygens (including phenoxy) is 1. The number of methoxy groups -OCH3 is 1. The molecule has 0 N–H and O–H groups in total. The Bertz CT molecular complexity index is 447. The van der Waals surface area contributed by atoms with Crippen LogP contribution in [0.15, 0.2) is 17.5 Å². The van der Waals surface area contributed by atoms with Crippen LogP contribution in [0.1, 0.15) is 24.1 Å². The minimum absolute atomic E-state index is 0.0432. The van der Waals surface area contributed by atoms with Crippen LogP contribution in [-0.4, -0.2) is 42.2 Å². The number of hydrogen-bond donors (Lipinski definition) is 0. The fourth-order valence-corrected chi connectivity index (χ4v) is 4.08. The summed E-state index contributed by atoms with van der Waals surface area (Å²) in [4.78, 5) is 26.9. The van der Waals surface area contributed by atoms with E-state index in [0.717, 1.165) is 18.6 Å². The fraction of sp³-hybridized carbons (Fsp3) is 0.571. The van der Waals surface area contributed by atoms with Crippen molar-refractivity contribution in [2.45, 2.75) is 31.1 Å². The molecular weight excluding hydrogens is 294 g/mol. The van der Waals surface area contributed by atoms with Gasteiger partial charge in [0.15, 0.2) is 0 Å². The van der Waals surface area contributed by atoms with E-state index in [9.17, 15) is 9.59 Å². The number of carbonyl (C=O) groups excluding carboxylic acids is 2. The van der Waals surface area contributed by atoms with Crippen LogP contribution >= 0.6 is 23.1 Å². The largest absolute Gasteiger partial charge is 0.467 e. The molecule has 1 saturated heterocycles. The van der Waals surface area contributed by atoms with Crippen LogP contribution in [0.3, 0.4) is 0 Å². The van der Waals surface area contributed by atoms with Crippen molar-refractivity contribution in [3.63, 3.8) is 0 Å². The first-order chi connectivity index (χ1) is 9.72. The summed E-state index contributed by atoms with van der Waals surface area (Å²) in [7, 11) is 1.38. The van der Waals surface area contributed by atoms with Gasteiger partial charge in [-0.15, -0.1) is 23.1 Å². The number of piperidine rings is 1. The van der Waals surface area contributed by atoms with Crippen LogP contribution < -0.4 is 0 Å². The number of thiophene rings is 1. The summed E-state index contributed by atoms with van der Waals surface area (Å²) in [6.07, 6.45) is 2.66. The highest BCUT2D eigenvalue weighted by Crippen LogP contribution is 2.21. The molecule has 0 aliphatic carbocycles. The molecule has 0 saturated carbocycles. The molecule has 2 rings (SSSR count). The summed E-state index contributed by atoms with van der Waals surface area (Å²) in [5, 5.41) is 2.04. The van der Waals surface area contributed by atoms with E-state index in [0.29, 0.717) is 18.7 Å². The highest BCUT2D eigenvalue weighted by atomic mass is 32.2. The average Bonchev–Trinajstić information content (AvgIpc) is 2.99. The van der Waals surface area contributed by atoms with E-state index in [-0.39, 0.29) is 17.9 Å². The van der Waals surface area contributed by atoms with Crippen LogP contribution in [0.2, 0.25) is 0 Å². The quantitative estimate of drug-likeness (QED) is 0.784. The SMILES string of the molecule is COC(=O)[C@H]1CCCCN1C(=O)CSCc1cccs1. The zero-order valence-electron chi connectivity index (χ0n) is 11.5. The lowest BCUT2D eigenvalue weighted by molar-refractivity contribution is -0.153. The van der Waals surface area contributed by atoms with Crippen LogP contribution in [0, 0.1) is 0 Å². The lowest BCUT2D eigenvalue weighted by atomic mass is 10.0. The van der Waals surface area contributed by atoms with Crippen LogP contribution in [0.5, 0.6) is 0 Å². The number of amides is 1. The van der Waals surface area contributed by atoms with E-state index >= 15 is 0 Å². The second-order valence-electron chi connectivity index (χ2n) is 4.69. The monoisotopic (exact) mass is 313 g/mol. The second-order valence-corrected chi connectivity index (χ2v) is 6.71. The van der Waals surface area contributed by atoms with Crippen molar-refractivity contribution in [2.24, 2.45) is 0 Å². The molecule has 1 amide bonds. The second kappa shape index (κ2) is 7.69. The first-order valence-corrected chi connectivity index (χ1v) is 8.73. The first-order valence-electron chi connectivity index (χ1n) is 6.70. The Kier molecular flexibility index (Phi) is 5.91. The number of likely N-dealkylation sites (tertiary alicyclic amines) is 1. The van der Waals surface area contributed by atoms with Crippen LogP contribution in [-0.2, 0) is 20.1 Å². The first kappa shape index (κ1) is 15.4. The molecule has 2 heterocycles. The van der Waals surface area contributed by atoms with Crippen molar-refractivity contribution in [1.82, 2.24) is 4.90 Å². The Balaban J connectivity index is 1.84. The van der Waals surface area contributed by atoms with Crippen molar-refractivity contribution >= 4 is 35.0 Å². The normalized spacial score (nSPS) is 18.9. The molecule has 4 nitrogen and oxygen atoms in total. The maximum absolute atomic E-state index is 12.3. The molecule has 6 heteroatoms. The minimum Gasteiger partial charge on any atom is -0.467 e. The number of esters is 1. The summed E-state index contributed by atoms with van der Waals surface area (Å²) < 4.78 is 4.80. The molecule has 1 aliphatic rings. The Labute approximate surface area is 127 Å². The summed E-state index contributed by atoms with van der Waals surface area (Å²) in [6.45, 7) is 0.665. The molecule has 1 atom stereocenters. The van der Waals surface area contributed by atoms with Crippen molar-refractivity contribution < 1.29 is 14.3 Å². The average molecular weight is 313 g/mol. The maximum atomic E-state index is 12.3. The third-order valence-electron chi connectivity index (χ3n) is 3.35. The van der Waals surface area contributed by atoms with Gasteiger partial charge < -0.3 is 9.64 Å². The Hall–Kier alpha value is -1.01. The van der Waals surface area contributed by atoms with Crippen molar-refractivity contribution in [2.75, 3.05) is 19.4 Å². The fourth-order valence-electron chi connectivity index (χ4n) is 2.33. The molecule has 0 radical (unpaired) electrons. The van der Waals surface area contributed by atoms with Gasteiger partial charge in [0.25, 0.3) is 0 Å². The molecule has 1 aliphatic heterocycles. The number of nitrogens with zero attached hydrogens (tertiary/aromatic N) is 1. The van der Waals surface area contributed by atoms with Gasteiger partial charge in [-0.2, -0.15) is 0 Å². The Morgan fingerprint density at radius 3 is 3.05 bits per heavy atom. The minimum atomic E-state index is -0.386. The summed E-state index contributed by atoms with van der Waals surface area (Å²) in [6, 6.07) is 3.70. The van der Waals surface area contributed by atoms with Gasteiger partial charge in [0.1, 0.15) is 6.04 Å². The predicted octanol–water partition coefficient (Wildman–Crippen LogP) is 2.54. The van der Waals surface area contributed by atoms with Gasteiger partial charge >= 0.3 is 5.97 Å². The Morgan fingerprint density at radius 2 is 2.35 bits per heavy atom. The molecule has 0 bridgehead atoms. The maximum Gasteiger partial charge on any atom is 0.328 e. The molecule has 1 aromatic heterocycles. The smallest absolute Gasteiger partial charge is 0.328 e. The summed E-state index contributed by atoms with van der Waals surface area (Å²) in [5.74, 6) is 1.02. The highest BCUT2D eigenvalue weighted by molar-refractivity contribution is 7.99. The van der Waals surface area contributed by atoms with Gasteiger partial charge in [-0.05, 0) is 30.7 Å². The molecule has 0 aromatic carbocycles. The summed E-state index contributed by atoms with van der Waals surface area (Å²) >= 11 is 3.30. The summed E-state index contributed by atoms with van der Waals surface area (Å²) in [5.41, 5.74) is 0. The third kappa shape index (κ3) is 3.99. The van der Waals surface area contributed by atoms with E-state index in [2.05, 4.69) is 6.07 Å². The lowest BCUT2D eigenvalue weighted by Gasteiger charge is -2.33. The van der Waals surface area contributed by atoms with E-state index in [1.165, 1.54) is 12.0 Å². The Morgan fingerprint density at radius 1 is 1.50 bits per heavy atom. The molecule has 110 valence electrons. The lowest BCUT2D eigenvalue weighted by Crippen LogP contribution is -2.49. The van der Waals surface area contributed by atoms with Crippen molar-refractivity contribution in [1.29, 1.82) is 0 Å². The van der Waals surface area contributed by atoms with Crippen molar-refractivity contribution in [3.8, 4) is 0 Å². The zero-order valence-corrected chi connectivity index (χ0v) is 13.2. The van der Waals surface area contributed by atoms with E-state index in [1.807, 2.05) is 11.4 Å².